The van der Waals surface area contributed by atoms with E-state index >= 15 is 0 Å². The monoisotopic (exact) mass is 217 g/mol. The van der Waals surface area contributed by atoms with Gasteiger partial charge in [0.2, 0.25) is 0 Å². The maximum absolute atomic E-state index is 4.49. The van der Waals surface area contributed by atoms with Crippen molar-refractivity contribution in [3.05, 3.63) is 23.3 Å². The number of fused-ring (bicyclic) bond motifs is 1. The highest BCUT2D eigenvalue weighted by Crippen LogP contribution is 2.23. The third kappa shape index (κ3) is 1.96. The van der Waals surface area contributed by atoms with E-state index in [0.29, 0.717) is 6.04 Å². The van der Waals surface area contributed by atoms with E-state index in [1.165, 1.54) is 55.6 Å². The summed E-state index contributed by atoms with van der Waals surface area (Å²) in [4.78, 5) is 8.87. The van der Waals surface area contributed by atoms with Crippen LogP contribution in [0.4, 0.5) is 0 Å². The van der Waals surface area contributed by atoms with Crippen molar-refractivity contribution in [2.75, 3.05) is 6.54 Å². The Bertz CT molecular complexity index is 369. The van der Waals surface area contributed by atoms with Crippen molar-refractivity contribution in [3.63, 3.8) is 0 Å². The molecule has 1 fully saturated rings. The zero-order valence-corrected chi connectivity index (χ0v) is 9.71. The van der Waals surface area contributed by atoms with Crippen LogP contribution < -0.4 is 5.32 Å². The predicted octanol–water partition coefficient (Wildman–Crippen LogP) is 1.65. The van der Waals surface area contributed by atoms with Gasteiger partial charge >= 0.3 is 0 Å². The summed E-state index contributed by atoms with van der Waals surface area (Å²) in [5.41, 5.74) is 4.07. The molecule has 3 rings (SSSR count). The van der Waals surface area contributed by atoms with E-state index in [2.05, 4.69) is 15.3 Å². The fraction of sp³-hybridized carbons (Fsp3) is 0.692. The quantitative estimate of drug-likeness (QED) is 0.818. The summed E-state index contributed by atoms with van der Waals surface area (Å²) in [7, 11) is 0. The molecule has 0 amide bonds. The molecule has 1 aromatic rings. The number of nitrogens with zero attached hydrogens (tertiary/aromatic N) is 2. The van der Waals surface area contributed by atoms with Crippen LogP contribution in [0.25, 0.3) is 0 Å². The fourth-order valence-corrected chi connectivity index (χ4v) is 2.93. The van der Waals surface area contributed by atoms with Crippen LogP contribution >= 0.6 is 0 Å². The molecule has 1 aromatic heterocycles. The van der Waals surface area contributed by atoms with Crippen molar-refractivity contribution in [2.24, 2.45) is 0 Å². The molecule has 0 bridgehead atoms. The highest BCUT2D eigenvalue weighted by molar-refractivity contribution is 5.29. The molecule has 1 aliphatic carbocycles. The molecule has 2 heterocycles. The Balaban J connectivity index is 1.76. The lowest BCUT2D eigenvalue weighted by Gasteiger charge is -2.23. The fourth-order valence-electron chi connectivity index (χ4n) is 2.93. The van der Waals surface area contributed by atoms with Crippen LogP contribution in [-0.2, 0) is 19.3 Å². The van der Waals surface area contributed by atoms with Crippen molar-refractivity contribution >= 4 is 0 Å². The van der Waals surface area contributed by atoms with Crippen LogP contribution in [0.15, 0.2) is 6.33 Å². The lowest BCUT2D eigenvalue weighted by Crippen LogP contribution is -2.36. The second kappa shape index (κ2) is 4.50. The Morgan fingerprint density at radius 2 is 2.19 bits per heavy atom. The molecule has 1 atom stereocenters. The third-order valence-corrected chi connectivity index (χ3v) is 3.82. The first-order valence-electron chi connectivity index (χ1n) is 6.48. The number of hydrogen-bond acceptors (Lipinski definition) is 3. The third-order valence-electron chi connectivity index (χ3n) is 3.82. The Morgan fingerprint density at radius 1 is 1.19 bits per heavy atom. The molecule has 86 valence electrons. The molecule has 0 aromatic carbocycles. The number of aryl methyl sites for hydroxylation is 1. The van der Waals surface area contributed by atoms with E-state index in [0.717, 1.165) is 12.8 Å². The zero-order chi connectivity index (χ0) is 10.8. The number of aromatic nitrogens is 2. The summed E-state index contributed by atoms with van der Waals surface area (Å²) >= 11 is 0. The van der Waals surface area contributed by atoms with E-state index in [1.807, 2.05) is 0 Å². The van der Waals surface area contributed by atoms with Crippen LogP contribution in [-0.4, -0.2) is 22.6 Å². The summed E-state index contributed by atoms with van der Waals surface area (Å²) < 4.78 is 0. The minimum absolute atomic E-state index is 0.647. The first-order valence-corrected chi connectivity index (χ1v) is 6.48. The summed E-state index contributed by atoms with van der Waals surface area (Å²) in [5.74, 6) is 0. The van der Waals surface area contributed by atoms with Gasteiger partial charge in [-0.25, -0.2) is 9.97 Å². The molecule has 16 heavy (non-hydrogen) atoms. The van der Waals surface area contributed by atoms with Crippen molar-refractivity contribution in [1.82, 2.24) is 15.3 Å². The Hall–Kier alpha value is -0.960. The van der Waals surface area contributed by atoms with Crippen molar-refractivity contribution in [2.45, 2.75) is 51.0 Å². The van der Waals surface area contributed by atoms with Gasteiger partial charge in [-0.3, -0.25) is 0 Å². The van der Waals surface area contributed by atoms with Crippen molar-refractivity contribution < 1.29 is 0 Å². The first-order chi connectivity index (χ1) is 7.93. The van der Waals surface area contributed by atoms with Gasteiger partial charge in [-0.2, -0.15) is 0 Å². The van der Waals surface area contributed by atoms with Crippen LogP contribution in [0.2, 0.25) is 0 Å². The summed E-state index contributed by atoms with van der Waals surface area (Å²) in [5, 5.41) is 3.60. The van der Waals surface area contributed by atoms with Crippen LogP contribution in [0.1, 0.15) is 42.6 Å². The van der Waals surface area contributed by atoms with Gasteiger partial charge in [0, 0.05) is 23.9 Å². The van der Waals surface area contributed by atoms with Gasteiger partial charge in [0.25, 0.3) is 0 Å². The average molecular weight is 217 g/mol. The number of rotatable bonds is 2. The van der Waals surface area contributed by atoms with E-state index in [4.69, 9.17) is 0 Å². The molecule has 0 saturated carbocycles. The van der Waals surface area contributed by atoms with Gasteiger partial charge in [0.15, 0.2) is 0 Å². The molecule has 1 aliphatic heterocycles. The summed E-state index contributed by atoms with van der Waals surface area (Å²) in [6.45, 7) is 1.18. The molecule has 1 N–H and O–H groups in total. The van der Waals surface area contributed by atoms with Crippen LogP contribution in [0.5, 0.6) is 0 Å². The molecule has 0 radical (unpaired) electrons. The van der Waals surface area contributed by atoms with Crippen molar-refractivity contribution in [3.8, 4) is 0 Å². The summed E-state index contributed by atoms with van der Waals surface area (Å²) in [6, 6.07) is 0.647. The smallest absolute Gasteiger partial charge is 0.115 e. The standard InChI is InChI=1S/C13H19N3/c1-2-7-14-10(4-1)8-13-11-5-3-6-12(11)15-9-16-13/h9-10,14H,1-8H2. The molecule has 2 aliphatic rings. The number of nitrogens with one attached hydrogen (secondary N) is 1. The lowest BCUT2D eigenvalue weighted by atomic mass is 9.98. The molecular weight excluding hydrogens is 198 g/mol. The molecular formula is C13H19N3. The predicted molar refractivity (Wildman–Crippen MR) is 63.4 cm³/mol. The van der Waals surface area contributed by atoms with Gasteiger partial charge < -0.3 is 5.32 Å². The lowest BCUT2D eigenvalue weighted by molar-refractivity contribution is 0.396. The van der Waals surface area contributed by atoms with Gasteiger partial charge in [0.1, 0.15) is 6.33 Å². The number of hydrogen-bond donors (Lipinski definition) is 1. The van der Waals surface area contributed by atoms with Crippen molar-refractivity contribution in [1.29, 1.82) is 0 Å². The Labute approximate surface area is 96.7 Å². The largest absolute Gasteiger partial charge is 0.314 e. The second-order valence-electron chi connectivity index (χ2n) is 4.95. The molecule has 0 spiro atoms. The van der Waals surface area contributed by atoms with Gasteiger partial charge in [0.05, 0.1) is 0 Å². The normalized spacial score (nSPS) is 24.4. The maximum Gasteiger partial charge on any atom is 0.115 e. The highest BCUT2D eigenvalue weighted by atomic mass is 14.9. The van der Waals surface area contributed by atoms with E-state index in [9.17, 15) is 0 Å². The topological polar surface area (TPSA) is 37.8 Å². The van der Waals surface area contributed by atoms with Crippen LogP contribution in [0, 0.1) is 0 Å². The molecule has 3 heteroatoms. The Morgan fingerprint density at radius 3 is 3.06 bits per heavy atom. The maximum atomic E-state index is 4.49. The van der Waals surface area contributed by atoms with Crippen LogP contribution in [0.3, 0.4) is 0 Å². The molecule has 1 saturated heterocycles. The van der Waals surface area contributed by atoms with E-state index in [-0.39, 0.29) is 0 Å². The molecule has 1 unspecified atom stereocenters. The SMILES string of the molecule is c1nc2c(c(CC3CCCCN3)n1)CCC2. The molecule has 3 nitrogen and oxygen atoms in total. The van der Waals surface area contributed by atoms with Gasteiger partial charge in [-0.05, 0) is 44.2 Å². The van der Waals surface area contributed by atoms with Gasteiger partial charge in [-0.1, -0.05) is 6.42 Å². The van der Waals surface area contributed by atoms with E-state index in [1.54, 1.807) is 6.33 Å². The minimum atomic E-state index is 0.647. The second-order valence-corrected chi connectivity index (χ2v) is 4.95. The zero-order valence-electron chi connectivity index (χ0n) is 9.71. The van der Waals surface area contributed by atoms with Gasteiger partial charge in [-0.15, -0.1) is 0 Å². The number of piperidine rings is 1. The average Bonchev–Trinajstić information content (AvgIpc) is 2.80. The first kappa shape index (κ1) is 10.2. The Kier molecular flexibility index (Phi) is 2.87. The van der Waals surface area contributed by atoms with E-state index < -0.39 is 0 Å². The highest BCUT2D eigenvalue weighted by Gasteiger charge is 2.20. The minimum Gasteiger partial charge on any atom is -0.314 e. The summed E-state index contributed by atoms with van der Waals surface area (Å²) in [6.07, 6.45) is 10.5.